The summed E-state index contributed by atoms with van der Waals surface area (Å²) in [6, 6.07) is 6.16. The number of carbonyl (C=O) groups is 1. The molecule has 0 saturated carbocycles. The fourth-order valence-electron chi connectivity index (χ4n) is 2.07. The van der Waals surface area contributed by atoms with Gasteiger partial charge in [0.15, 0.2) is 0 Å². The second-order valence-electron chi connectivity index (χ2n) is 4.41. The lowest BCUT2D eigenvalue weighted by molar-refractivity contribution is 0.0699. The Balaban J connectivity index is 2.31. The fourth-order valence-corrected chi connectivity index (χ4v) is 2.07. The first kappa shape index (κ1) is 13.1. The summed E-state index contributed by atoms with van der Waals surface area (Å²) in [7, 11) is 0. The van der Waals surface area contributed by atoms with Gasteiger partial charge in [-0.1, -0.05) is 0 Å². The van der Waals surface area contributed by atoms with E-state index in [4.69, 9.17) is 0 Å². The molecule has 0 fully saturated rings. The first-order chi connectivity index (χ1) is 10.0. The summed E-state index contributed by atoms with van der Waals surface area (Å²) in [5.74, 6) is -2.31. The van der Waals surface area contributed by atoms with Crippen LogP contribution in [0.15, 0.2) is 42.7 Å². The largest absolute Gasteiger partial charge is 0.478 e. The van der Waals surface area contributed by atoms with E-state index >= 15 is 0 Å². The van der Waals surface area contributed by atoms with Gasteiger partial charge in [-0.15, -0.1) is 0 Å². The molecule has 2 aromatic heterocycles. The van der Waals surface area contributed by atoms with E-state index in [1.54, 1.807) is 0 Å². The summed E-state index contributed by atoms with van der Waals surface area (Å²) in [5, 5.41) is 9.45. The van der Waals surface area contributed by atoms with Gasteiger partial charge in [0, 0.05) is 17.1 Å². The van der Waals surface area contributed by atoms with Crippen molar-refractivity contribution >= 4 is 16.9 Å². The first-order valence-corrected chi connectivity index (χ1v) is 5.99. The van der Waals surface area contributed by atoms with E-state index in [1.165, 1.54) is 30.5 Å². The van der Waals surface area contributed by atoms with Gasteiger partial charge >= 0.3 is 5.97 Å². The number of aromatic carboxylic acids is 1. The lowest BCUT2D eigenvalue weighted by Gasteiger charge is -2.07. The van der Waals surface area contributed by atoms with Gasteiger partial charge in [-0.2, -0.15) is 0 Å². The van der Waals surface area contributed by atoms with Crippen LogP contribution in [0.25, 0.3) is 22.2 Å². The predicted octanol–water partition coefficient (Wildman–Crippen LogP) is 3.27. The minimum atomic E-state index is -1.21. The highest BCUT2D eigenvalue weighted by Gasteiger charge is 2.14. The second-order valence-corrected chi connectivity index (χ2v) is 4.41. The molecule has 3 rings (SSSR count). The van der Waals surface area contributed by atoms with Crippen molar-refractivity contribution in [1.82, 2.24) is 9.97 Å². The number of nitrogens with zero attached hydrogens (tertiary/aromatic N) is 2. The Labute approximate surface area is 117 Å². The Hall–Kier alpha value is -2.89. The van der Waals surface area contributed by atoms with Crippen molar-refractivity contribution in [3.8, 4) is 11.3 Å². The molecule has 2 heterocycles. The molecule has 1 N–H and O–H groups in total. The van der Waals surface area contributed by atoms with Crippen molar-refractivity contribution in [2.45, 2.75) is 0 Å². The van der Waals surface area contributed by atoms with E-state index in [2.05, 4.69) is 9.97 Å². The van der Waals surface area contributed by atoms with Crippen molar-refractivity contribution in [2.75, 3.05) is 0 Å². The molecule has 0 atom stereocenters. The lowest BCUT2D eigenvalue weighted by atomic mass is 10.0. The Bertz CT molecular complexity index is 865. The van der Waals surface area contributed by atoms with E-state index in [9.17, 15) is 18.7 Å². The molecule has 0 aliphatic carbocycles. The SMILES string of the molecule is O=C(O)c1cc(-c2cncc(F)c2)nc2ccc(F)cc12. The van der Waals surface area contributed by atoms with Crippen LogP contribution >= 0.6 is 0 Å². The highest BCUT2D eigenvalue weighted by molar-refractivity contribution is 6.03. The Morgan fingerprint density at radius 2 is 1.86 bits per heavy atom. The van der Waals surface area contributed by atoms with Crippen LogP contribution in [0.4, 0.5) is 8.78 Å². The third kappa shape index (κ3) is 2.43. The van der Waals surface area contributed by atoms with E-state index in [-0.39, 0.29) is 16.6 Å². The molecule has 0 unspecified atom stereocenters. The van der Waals surface area contributed by atoms with E-state index < -0.39 is 17.6 Å². The van der Waals surface area contributed by atoms with Crippen molar-refractivity contribution < 1.29 is 18.7 Å². The van der Waals surface area contributed by atoms with Gasteiger partial charge in [0.2, 0.25) is 0 Å². The van der Waals surface area contributed by atoms with E-state index in [1.807, 2.05) is 0 Å². The zero-order valence-electron chi connectivity index (χ0n) is 10.5. The second kappa shape index (κ2) is 4.90. The highest BCUT2D eigenvalue weighted by atomic mass is 19.1. The molecule has 4 nitrogen and oxygen atoms in total. The zero-order chi connectivity index (χ0) is 15.0. The van der Waals surface area contributed by atoms with Gasteiger partial charge in [-0.25, -0.2) is 18.6 Å². The zero-order valence-corrected chi connectivity index (χ0v) is 10.5. The van der Waals surface area contributed by atoms with Crippen molar-refractivity contribution in [2.24, 2.45) is 0 Å². The summed E-state index contributed by atoms with van der Waals surface area (Å²) < 4.78 is 26.5. The minimum Gasteiger partial charge on any atom is -0.478 e. The number of benzene rings is 1. The lowest BCUT2D eigenvalue weighted by Crippen LogP contribution is -2.01. The van der Waals surface area contributed by atoms with Gasteiger partial charge in [0.05, 0.1) is 23.0 Å². The Morgan fingerprint density at radius 3 is 2.57 bits per heavy atom. The average Bonchev–Trinajstić information content (AvgIpc) is 2.46. The van der Waals surface area contributed by atoms with Crippen molar-refractivity contribution in [1.29, 1.82) is 0 Å². The Morgan fingerprint density at radius 1 is 1.05 bits per heavy atom. The van der Waals surface area contributed by atoms with Crippen LogP contribution in [0.2, 0.25) is 0 Å². The smallest absolute Gasteiger partial charge is 0.336 e. The molecule has 0 amide bonds. The number of halogens is 2. The van der Waals surface area contributed by atoms with Crippen LogP contribution in [0.3, 0.4) is 0 Å². The van der Waals surface area contributed by atoms with Gasteiger partial charge in [-0.05, 0) is 30.3 Å². The van der Waals surface area contributed by atoms with Crippen molar-refractivity contribution in [3.05, 3.63) is 59.9 Å². The summed E-state index contributed by atoms with van der Waals surface area (Å²) in [6.07, 6.45) is 2.42. The number of pyridine rings is 2. The standard InChI is InChI=1S/C15H8F2N2O2/c16-9-1-2-13-11(4-9)12(15(20)21)5-14(19-13)8-3-10(17)7-18-6-8/h1-7H,(H,20,21). The van der Waals surface area contributed by atoms with Crippen LogP contribution in [0, 0.1) is 11.6 Å². The molecule has 0 radical (unpaired) electrons. The van der Waals surface area contributed by atoms with Crippen LogP contribution in [0.5, 0.6) is 0 Å². The maximum absolute atomic E-state index is 13.3. The summed E-state index contributed by atoms with van der Waals surface area (Å²) in [4.78, 5) is 19.3. The van der Waals surface area contributed by atoms with Crippen LogP contribution in [0.1, 0.15) is 10.4 Å². The van der Waals surface area contributed by atoms with Crippen molar-refractivity contribution in [3.63, 3.8) is 0 Å². The number of hydrogen-bond acceptors (Lipinski definition) is 3. The monoisotopic (exact) mass is 286 g/mol. The van der Waals surface area contributed by atoms with E-state index in [0.717, 1.165) is 12.3 Å². The summed E-state index contributed by atoms with van der Waals surface area (Å²) >= 11 is 0. The number of fused-ring (bicyclic) bond motifs is 1. The summed E-state index contributed by atoms with van der Waals surface area (Å²) in [5.41, 5.74) is 0.830. The number of rotatable bonds is 2. The fraction of sp³-hybridized carbons (Fsp3) is 0. The third-order valence-corrected chi connectivity index (χ3v) is 3.00. The maximum Gasteiger partial charge on any atom is 0.336 e. The minimum absolute atomic E-state index is 0.0984. The van der Waals surface area contributed by atoms with Crippen LogP contribution < -0.4 is 0 Å². The van der Waals surface area contributed by atoms with Gasteiger partial charge in [0.25, 0.3) is 0 Å². The summed E-state index contributed by atoms with van der Waals surface area (Å²) in [6.45, 7) is 0. The molecular formula is C15H8F2N2O2. The molecule has 0 saturated heterocycles. The number of carboxylic acids is 1. The number of carboxylic acid groups (broad SMARTS) is 1. The molecule has 0 aliphatic rings. The van der Waals surface area contributed by atoms with Crippen LogP contribution in [-0.4, -0.2) is 21.0 Å². The maximum atomic E-state index is 13.3. The predicted molar refractivity (Wildman–Crippen MR) is 71.8 cm³/mol. The van der Waals surface area contributed by atoms with Gasteiger partial charge in [-0.3, -0.25) is 4.98 Å². The average molecular weight is 286 g/mol. The number of hydrogen-bond donors (Lipinski definition) is 1. The normalized spacial score (nSPS) is 10.8. The molecular weight excluding hydrogens is 278 g/mol. The number of aromatic nitrogens is 2. The Kier molecular flexibility index (Phi) is 3.06. The molecule has 1 aromatic carbocycles. The van der Waals surface area contributed by atoms with E-state index in [0.29, 0.717) is 11.1 Å². The topological polar surface area (TPSA) is 63.1 Å². The highest BCUT2D eigenvalue weighted by Crippen LogP contribution is 2.25. The van der Waals surface area contributed by atoms with Gasteiger partial charge in [0.1, 0.15) is 11.6 Å². The van der Waals surface area contributed by atoms with Crippen LogP contribution in [-0.2, 0) is 0 Å². The molecule has 0 spiro atoms. The molecule has 3 aromatic rings. The molecule has 0 aliphatic heterocycles. The van der Waals surface area contributed by atoms with Gasteiger partial charge < -0.3 is 5.11 Å². The quantitative estimate of drug-likeness (QED) is 0.785. The third-order valence-electron chi connectivity index (χ3n) is 3.00. The molecule has 104 valence electrons. The molecule has 0 bridgehead atoms. The molecule has 6 heteroatoms. The molecule has 21 heavy (non-hydrogen) atoms. The first-order valence-electron chi connectivity index (χ1n) is 5.99.